The fourth-order valence-electron chi connectivity index (χ4n) is 3.39. The Morgan fingerprint density at radius 2 is 2.10 bits per heavy atom. The summed E-state index contributed by atoms with van der Waals surface area (Å²) >= 11 is 0. The van der Waals surface area contributed by atoms with Crippen LogP contribution in [0.15, 0.2) is 29.8 Å². The van der Waals surface area contributed by atoms with Crippen LogP contribution < -0.4 is 15.1 Å². The molecule has 2 amide bonds. The van der Waals surface area contributed by atoms with E-state index in [0.717, 1.165) is 5.57 Å². The van der Waals surface area contributed by atoms with Crippen LogP contribution in [0.5, 0.6) is 0 Å². The Kier molecular flexibility index (Phi) is 6.30. The van der Waals surface area contributed by atoms with Crippen molar-refractivity contribution in [1.82, 2.24) is 5.32 Å². The largest absolute Gasteiger partial charge is 0.442 e. The van der Waals surface area contributed by atoms with Crippen LogP contribution in [0.4, 0.5) is 20.6 Å². The lowest BCUT2D eigenvalue weighted by Gasteiger charge is -2.30. The zero-order chi connectivity index (χ0) is 20.8. The molecule has 0 bridgehead atoms. The van der Waals surface area contributed by atoms with Crippen molar-refractivity contribution in [3.05, 3.63) is 35.7 Å². The number of anilines is 2. The number of nitriles is 2. The van der Waals surface area contributed by atoms with Crippen molar-refractivity contribution >= 4 is 23.4 Å². The van der Waals surface area contributed by atoms with Crippen LogP contribution in [-0.2, 0) is 9.53 Å². The summed E-state index contributed by atoms with van der Waals surface area (Å²) in [7, 11) is 0. The molecule has 1 N–H and O–H groups in total. The van der Waals surface area contributed by atoms with Gasteiger partial charge in [0.1, 0.15) is 18.3 Å². The molecule has 0 saturated carbocycles. The van der Waals surface area contributed by atoms with E-state index in [-0.39, 0.29) is 19.5 Å². The first-order valence-electron chi connectivity index (χ1n) is 9.25. The average molecular weight is 397 g/mol. The minimum absolute atomic E-state index is 0.0929. The number of rotatable bonds is 5. The zero-order valence-electron chi connectivity index (χ0n) is 15.7. The maximum Gasteiger partial charge on any atom is 0.414 e. The van der Waals surface area contributed by atoms with E-state index in [9.17, 15) is 14.0 Å². The van der Waals surface area contributed by atoms with Crippen LogP contribution in [0, 0.1) is 28.5 Å². The molecule has 2 fully saturated rings. The summed E-state index contributed by atoms with van der Waals surface area (Å²) in [4.78, 5) is 26.7. The molecule has 1 aromatic carbocycles. The Hall–Kier alpha value is -3.59. The van der Waals surface area contributed by atoms with E-state index in [4.69, 9.17) is 15.3 Å². The van der Waals surface area contributed by atoms with Gasteiger partial charge in [0.15, 0.2) is 0 Å². The van der Waals surface area contributed by atoms with Gasteiger partial charge in [0, 0.05) is 19.2 Å². The predicted molar refractivity (Wildman–Crippen MR) is 102 cm³/mol. The van der Waals surface area contributed by atoms with Gasteiger partial charge in [0.2, 0.25) is 5.91 Å². The minimum atomic E-state index is -0.610. The summed E-state index contributed by atoms with van der Waals surface area (Å²) in [5.41, 5.74) is 1.90. The van der Waals surface area contributed by atoms with Gasteiger partial charge in [0.25, 0.3) is 0 Å². The van der Waals surface area contributed by atoms with E-state index in [2.05, 4.69) is 5.32 Å². The van der Waals surface area contributed by atoms with E-state index >= 15 is 0 Å². The van der Waals surface area contributed by atoms with Crippen LogP contribution in [0.2, 0.25) is 0 Å². The number of nitrogens with one attached hydrogen (secondary N) is 1. The molecule has 2 aliphatic rings. The van der Waals surface area contributed by atoms with Gasteiger partial charge in [-0.2, -0.15) is 10.5 Å². The lowest BCUT2D eigenvalue weighted by molar-refractivity contribution is -0.120. The molecule has 29 heavy (non-hydrogen) atoms. The summed E-state index contributed by atoms with van der Waals surface area (Å²) in [6.45, 7) is 1.52. The van der Waals surface area contributed by atoms with E-state index in [1.165, 1.54) is 11.0 Å². The lowest BCUT2D eigenvalue weighted by atomic mass is 10.0. The number of carbonyl (C=O) groups is 2. The van der Waals surface area contributed by atoms with Crippen LogP contribution >= 0.6 is 0 Å². The SMILES string of the molecule is N#CC=C1CCN(c2ccc(N3C[C@H](CNC(=O)CC#N)OC3=O)cc2F)CC1. The molecule has 150 valence electrons. The second-order valence-electron chi connectivity index (χ2n) is 6.81. The molecule has 0 radical (unpaired) electrons. The van der Waals surface area contributed by atoms with Crippen molar-refractivity contribution < 1.29 is 18.7 Å². The lowest BCUT2D eigenvalue weighted by Crippen LogP contribution is -2.34. The molecule has 1 aromatic rings. The van der Waals surface area contributed by atoms with Gasteiger partial charge in [-0.3, -0.25) is 9.69 Å². The molecule has 2 heterocycles. The van der Waals surface area contributed by atoms with Crippen molar-refractivity contribution in [3.63, 3.8) is 0 Å². The molecule has 8 nitrogen and oxygen atoms in total. The monoisotopic (exact) mass is 397 g/mol. The smallest absolute Gasteiger partial charge is 0.414 e. The highest BCUT2D eigenvalue weighted by molar-refractivity contribution is 5.90. The van der Waals surface area contributed by atoms with Gasteiger partial charge in [-0.05, 0) is 31.0 Å². The van der Waals surface area contributed by atoms with Gasteiger partial charge < -0.3 is 15.0 Å². The van der Waals surface area contributed by atoms with Gasteiger partial charge in [-0.15, -0.1) is 0 Å². The molecule has 0 aromatic heterocycles. The van der Waals surface area contributed by atoms with Crippen LogP contribution in [0.3, 0.4) is 0 Å². The number of hydrogen-bond acceptors (Lipinski definition) is 6. The zero-order valence-corrected chi connectivity index (χ0v) is 15.7. The Morgan fingerprint density at radius 1 is 1.34 bits per heavy atom. The Balaban J connectivity index is 1.62. The van der Waals surface area contributed by atoms with Crippen molar-refractivity contribution in [1.29, 1.82) is 10.5 Å². The summed E-state index contributed by atoms with van der Waals surface area (Å²) in [6, 6.07) is 8.37. The Labute approximate surface area is 167 Å². The maximum atomic E-state index is 14.7. The number of carbonyl (C=O) groups excluding carboxylic acids is 2. The summed E-state index contributed by atoms with van der Waals surface area (Å²) < 4.78 is 19.9. The van der Waals surface area contributed by atoms with Crippen LogP contribution in [0.25, 0.3) is 0 Å². The van der Waals surface area contributed by atoms with Gasteiger partial charge in [0.05, 0.1) is 36.6 Å². The molecule has 2 saturated heterocycles. The average Bonchev–Trinajstić information content (AvgIpc) is 3.08. The first-order valence-corrected chi connectivity index (χ1v) is 9.25. The van der Waals surface area contributed by atoms with Crippen LogP contribution in [0.1, 0.15) is 19.3 Å². The van der Waals surface area contributed by atoms with Gasteiger partial charge in [-0.1, -0.05) is 5.57 Å². The quantitative estimate of drug-likeness (QED) is 0.763. The molecule has 9 heteroatoms. The topological polar surface area (TPSA) is 109 Å². The Bertz CT molecular complexity index is 908. The number of hydrogen-bond donors (Lipinski definition) is 1. The molecule has 3 rings (SSSR count). The Morgan fingerprint density at radius 3 is 2.76 bits per heavy atom. The second-order valence-corrected chi connectivity index (χ2v) is 6.81. The number of amides is 2. The summed E-state index contributed by atoms with van der Waals surface area (Å²) in [5, 5.41) is 19.7. The molecular formula is C20H20FN5O3. The normalized spacial score (nSPS) is 18.7. The molecule has 2 aliphatic heterocycles. The molecular weight excluding hydrogens is 377 g/mol. The number of halogens is 1. The minimum Gasteiger partial charge on any atom is -0.442 e. The van der Waals surface area contributed by atoms with Gasteiger partial charge >= 0.3 is 6.09 Å². The second kappa shape index (κ2) is 9.07. The molecule has 0 spiro atoms. The van der Waals surface area contributed by atoms with Gasteiger partial charge in [-0.25, -0.2) is 9.18 Å². The first-order chi connectivity index (χ1) is 14.0. The summed E-state index contributed by atoms with van der Waals surface area (Å²) in [5.74, 6) is -0.875. The fraction of sp³-hybridized carbons (Fsp3) is 0.400. The van der Waals surface area contributed by atoms with Crippen molar-refractivity contribution in [2.45, 2.75) is 25.4 Å². The number of piperidine rings is 1. The predicted octanol–water partition coefficient (Wildman–Crippen LogP) is 2.23. The van der Waals surface area contributed by atoms with Crippen LogP contribution in [-0.4, -0.2) is 44.3 Å². The fourth-order valence-corrected chi connectivity index (χ4v) is 3.39. The van der Waals surface area contributed by atoms with E-state index in [0.29, 0.717) is 37.3 Å². The number of benzene rings is 1. The van der Waals surface area contributed by atoms with Crippen molar-refractivity contribution in [2.24, 2.45) is 0 Å². The standard InChI is InChI=1S/C20H20FN5O3/c21-17-11-15(1-2-18(17)25-9-5-14(3-7-22)6-10-25)26-13-16(29-20(26)28)12-24-19(27)4-8-23/h1-3,11,16H,4-6,9-10,12-13H2,(H,24,27)/t16-/m0/s1. The number of nitrogens with zero attached hydrogens (tertiary/aromatic N) is 4. The molecule has 1 atom stereocenters. The van der Waals surface area contributed by atoms with Crippen molar-refractivity contribution in [2.75, 3.05) is 36.0 Å². The first kappa shape index (κ1) is 20.2. The highest BCUT2D eigenvalue weighted by Gasteiger charge is 2.33. The summed E-state index contributed by atoms with van der Waals surface area (Å²) in [6.07, 6.45) is 1.54. The van der Waals surface area contributed by atoms with E-state index in [1.54, 1.807) is 24.3 Å². The maximum absolute atomic E-state index is 14.7. The number of allylic oxidation sites excluding steroid dienone is 1. The number of cyclic esters (lactones) is 1. The van der Waals surface area contributed by atoms with E-state index < -0.39 is 23.9 Å². The third kappa shape index (κ3) is 4.82. The highest BCUT2D eigenvalue weighted by atomic mass is 19.1. The van der Waals surface area contributed by atoms with Crippen molar-refractivity contribution in [3.8, 4) is 12.1 Å². The third-order valence-corrected chi connectivity index (χ3v) is 4.90. The van der Waals surface area contributed by atoms with E-state index in [1.807, 2.05) is 11.0 Å². The highest BCUT2D eigenvalue weighted by Crippen LogP contribution is 2.30. The number of ether oxygens (including phenoxy) is 1. The molecule has 0 unspecified atom stereocenters. The molecule has 0 aliphatic carbocycles. The third-order valence-electron chi connectivity index (χ3n) is 4.90.